The molecular weight excluding hydrogens is 773 g/mol. The first-order chi connectivity index (χ1) is 31.7. The van der Waals surface area contributed by atoms with Gasteiger partial charge in [0.2, 0.25) is 0 Å². The van der Waals surface area contributed by atoms with Crippen LogP contribution in [0.1, 0.15) is 17.9 Å². The van der Waals surface area contributed by atoms with Crippen LogP contribution in [0.5, 0.6) is 0 Å². The lowest BCUT2D eigenvalue weighted by Gasteiger charge is -2.29. The van der Waals surface area contributed by atoms with Crippen molar-refractivity contribution in [3.05, 3.63) is 272 Å². The second-order valence-electron chi connectivity index (χ2n) is 16.5. The highest BCUT2D eigenvalue weighted by molar-refractivity contribution is 5.98. The molecule has 0 saturated heterocycles. The third kappa shape index (κ3) is 7.57. The smallest absolute Gasteiger partial charge is 0.0462 e. The van der Waals surface area contributed by atoms with Gasteiger partial charge in [-0.05, 0) is 134 Å². The van der Waals surface area contributed by atoms with E-state index in [4.69, 9.17) is 0 Å². The summed E-state index contributed by atoms with van der Waals surface area (Å²) < 4.78 is 0. The first-order valence-electron chi connectivity index (χ1n) is 22.2. The average Bonchev–Trinajstić information content (AvgIpc) is 3.38. The number of allylic oxidation sites excluding steroid dienone is 3. The van der Waals surface area contributed by atoms with Gasteiger partial charge >= 0.3 is 0 Å². The predicted octanol–water partition coefficient (Wildman–Crippen LogP) is 17.2. The Morgan fingerprint density at radius 2 is 0.703 bits per heavy atom. The van der Waals surface area contributed by atoms with Crippen LogP contribution in [-0.2, 0) is 0 Å². The second kappa shape index (κ2) is 17.3. The first kappa shape index (κ1) is 38.7. The SMILES string of the molecule is C1=CC(c2ccccc2-c2ccc(N(c3ccccc3)c3ccc(-c4cccc5ccccc45)cc3)cc2)CC=C1N(c1ccccc1)c1ccc(-c2cccc3ccccc23)cc1. The van der Waals surface area contributed by atoms with Crippen molar-refractivity contribution in [2.24, 2.45) is 0 Å². The number of nitrogens with zero attached hydrogens (tertiary/aromatic N) is 2. The lowest BCUT2D eigenvalue weighted by molar-refractivity contribution is 0.842. The molecule has 0 saturated carbocycles. The summed E-state index contributed by atoms with van der Waals surface area (Å²) in [6.07, 6.45) is 8.00. The molecule has 10 aromatic carbocycles. The van der Waals surface area contributed by atoms with Crippen molar-refractivity contribution >= 4 is 50.0 Å². The Morgan fingerprint density at radius 1 is 0.312 bits per heavy atom. The van der Waals surface area contributed by atoms with Crippen molar-refractivity contribution in [2.45, 2.75) is 12.3 Å². The molecule has 64 heavy (non-hydrogen) atoms. The number of hydrogen-bond acceptors (Lipinski definition) is 2. The number of para-hydroxylation sites is 2. The molecule has 0 aromatic heterocycles. The summed E-state index contributed by atoms with van der Waals surface area (Å²) in [5.41, 5.74) is 15.5. The Labute approximate surface area is 376 Å². The molecule has 1 aliphatic carbocycles. The molecule has 10 aromatic rings. The van der Waals surface area contributed by atoms with Crippen molar-refractivity contribution in [3.8, 4) is 33.4 Å². The second-order valence-corrected chi connectivity index (χ2v) is 16.5. The van der Waals surface area contributed by atoms with Gasteiger partial charge in [0.05, 0.1) is 0 Å². The van der Waals surface area contributed by atoms with Gasteiger partial charge < -0.3 is 9.80 Å². The van der Waals surface area contributed by atoms with E-state index in [2.05, 4.69) is 271 Å². The van der Waals surface area contributed by atoms with Crippen molar-refractivity contribution in [2.75, 3.05) is 9.80 Å². The maximum atomic E-state index is 2.40. The van der Waals surface area contributed by atoms with Crippen molar-refractivity contribution < 1.29 is 0 Å². The van der Waals surface area contributed by atoms with Gasteiger partial charge in [0.1, 0.15) is 0 Å². The summed E-state index contributed by atoms with van der Waals surface area (Å²) in [5.74, 6) is 0.243. The van der Waals surface area contributed by atoms with E-state index in [0.29, 0.717) is 0 Å². The molecule has 304 valence electrons. The highest BCUT2D eigenvalue weighted by atomic mass is 15.1. The molecule has 0 N–H and O–H groups in total. The molecule has 2 heteroatoms. The quantitative estimate of drug-likeness (QED) is 0.136. The van der Waals surface area contributed by atoms with Gasteiger partial charge in [-0.3, -0.25) is 0 Å². The molecule has 0 bridgehead atoms. The highest BCUT2D eigenvalue weighted by Crippen LogP contribution is 2.41. The van der Waals surface area contributed by atoms with E-state index in [-0.39, 0.29) is 5.92 Å². The molecule has 0 fully saturated rings. The minimum absolute atomic E-state index is 0.243. The zero-order valence-corrected chi connectivity index (χ0v) is 35.5. The van der Waals surface area contributed by atoms with E-state index in [0.717, 1.165) is 34.9 Å². The fourth-order valence-corrected chi connectivity index (χ4v) is 9.46. The molecular formula is C62H46N2. The molecule has 2 nitrogen and oxygen atoms in total. The number of anilines is 5. The van der Waals surface area contributed by atoms with Crippen LogP contribution < -0.4 is 9.80 Å². The van der Waals surface area contributed by atoms with Gasteiger partial charge in [-0.15, -0.1) is 0 Å². The van der Waals surface area contributed by atoms with Gasteiger partial charge in [-0.1, -0.05) is 194 Å². The van der Waals surface area contributed by atoms with Crippen LogP contribution in [0.4, 0.5) is 28.4 Å². The van der Waals surface area contributed by atoms with Crippen molar-refractivity contribution in [3.63, 3.8) is 0 Å². The number of rotatable bonds is 10. The zero-order chi connectivity index (χ0) is 42.7. The summed E-state index contributed by atoms with van der Waals surface area (Å²) >= 11 is 0. The van der Waals surface area contributed by atoms with Crippen LogP contribution in [-0.4, -0.2) is 0 Å². The maximum Gasteiger partial charge on any atom is 0.0462 e. The lowest BCUT2D eigenvalue weighted by Crippen LogP contribution is -2.17. The summed E-state index contributed by atoms with van der Waals surface area (Å²) in [6, 6.07) is 87.7. The number of benzene rings is 10. The van der Waals surface area contributed by atoms with E-state index in [9.17, 15) is 0 Å². The average molecular weight is 819 g/mol. The fourth-order valence-electron chi connectivity index (χ4n) is 9.46. The monoisotopic (exact) mass is 818 g/mol. The van der Waals surface area contributed by atoms with E-state index in [1.807, 2.05) is 0 Å². The van der Waals surface area contributed by atoms with Crippen LogP contribution in [0.2, 0.25) is 0 Å². The molecule has 0 heterocycles. The predicted molar refractivity (Wildman–Crippen MR) is 272 cm³/mol. The van der Waals surface area contributed by atoms with Crippen molar-refractivity contribution in [1.29, 1.82) is 0 Å². The normalized spacial score (nSPS) is 13.4. The Balaban J connectivity index is 0.865. The Morgan fingerprint density at radius 3 is 1.22 bits per heavy atom. The summed E-state index contributed by atoms with van der Waals surface area (Å²) in [5, 5.41) is 5.04. The molecule has 0 amide bonds. The van der Waals surface area contributed by atoms with Crippen LogP contribution in [0.3, 0.4) is 0 Å². The first-order valence-corrected chi connectivity index (χ1v) is 22.2. The zero-order valence-electron chi connectivity index (χ0n) is 35.5. The van der Waals surface area contributed by atoms with Crippen molar-refractivity contribution in [1.82, 2.24) is 0 Å². The molecule has 0 spiro atoms. The van der Waals surface area contributed by atoms with Gasteiger partial charge in [-0.2, -0.15) is 0 Å². The summed E-state index contributed by atoms with van der Waals surface area (Å²) in [4.78, 5) is 4.72. The topological polar surface area (TPSA) is 6.48 Å². The van der Waals surface area contributed by atoms with Gasteiger partial charge in [0, 0.05) is 40.1 Å². The lowest BCUT2D eigenvalue weighted by atomic mass is 9.86. The van der Waals surface area contributed by atoms with E-state index < -0.39 is 0 Å². The molecule has 0 radical (unpaired) electrons. The molecule has 0 aliphatic heterocycles. The standard InChI is InChI=1S/C62H46N2/c1-3-19-51(20-4-1)63(55-41-33-49(34-42-55)61-27-13-17-45-15-7-9-23-57(45)61)53-37-29-47(30-38-53)59-25-11-12-26-60(59)48-31-39-54(40-32-48)64(52-21-5-2-6-22-52)56-43-35-50(36-44-56)62-28-14-18-46-16-8-10-24-58(46)62/h1-31,33-44,48H,32H2. The maximum absolute atomic E-state index is 2.40. The van der Waals surface area contributed by atoms with Crippen LogP contribution in [0.25, 0.3) is 54.9 Å². The highest BCUT2D eigenvalue weighted by Gasteiger charge is 2.21. The Bertz CT molecular complexity index is 3260. The molecule has 11 rings (SSSR count). The Hall–Kier alpha value is -8.20. The minimum Gasteiger partial charge on any atom is -0.311 e. The Kier molecular flexibility index (Phi) is 10.5. The van der Waals surface area contributed by atoms with Crippen LogP contribution in [0.15, 0.2) is 267 Å². The minimum atomic E-state index is 0.243. The van der Waals surface area contributed by atoms with Gasteiger partial charge in [-0.25, -0.2) is 0 Å². The van der Waals surface area contributed by atoms with Crippen LogP contribution >= 0.6 is 0 Å². The summed E-state index contributed by atoms with van der Waals surface area (Å²) in [6.45, 7) is 0. The van der Waals surface area contributed by atoms with Crippen LogP contribution in [0, 0.1) is 0 Å². The number of fused-ring (bicyclic) bond motifs is 2. The number of hydrogen-bond donors (Lipinski definition) is 0. The van der Waals surface area contributed by atoms with E-state index >= 15 is 0 Å². The fraction of sp³-hybridized carbons (Fsp3) is 0.0323. The molecule has 1 unspecified atom stereocenters. The van der Waals surface area contributed by atoms with E-state index in [1.54, 1.807) is 0 Å². The summed E-state index contributed by atoms with van der Waals surface area (Å²) in [7, 11) is 0. The van der Waals surface area contributed by atoms with Gasteiger partial charge in [0.15, 0.2) is 0 Å². The third-order valence-electron chi connectivity index (χ3n) is 12.6. The third-order valence-corrected chi connectivity index (χ3v) is 12.6. The molecule has 1 aliphatic rings. The molecule has 1 atom stereocenters. The van der Waals surface area contributed by atoms with E-state index in [1.165, 1.54) is 66.2 Å². The largest absolute Gasteiger partial charge is 0.311 e. The van der Waals surface area contributed by atoms with Gasteiger partial charge in [0.25, 0.3) is 0 Å².